The van der Waals surface area contributed by atoms with Crippen LogP contribution in [0.3, 0.4) is 0 Å². The Labute approximate surface area is 135 Å². The number of carbonyl (C=O) groups is 2. The zero-order valence-electron chi connectivity index (χ0n) is 13.8. The number of guanidine groups is 1. The molecule has 1 unspecified atom stereocenters. The average Bonchev–Trinajstić information content (AvgIpc) is 3.10. The van der Waals surface area contributed by atoms with E-state index in [1.165, 1.54) is 9.80 Å². The summed E-state index contributed by atoms with van der Waals surface area (Å²) in [7, 11) is 1.68. The van der Waals surface area contributed by atoms with Crippen molar-refractivity contribution >= 4 is 23.7 Å². The maximum atomic E-state index is 12.8. The molecule has 0 aromatic carbocycles. The number of rotatable bonds is 4. The van der Waals surface area contributed by atoms with Crippen LogP contribution in [0.5, 0.6) is 0 Å². The topological polar surface area (TPSA) is 59.2 Å². The van der Waals surface area contributed by atoms with Gasteiger partial charge < -0.3 is 0 Å². The van der Waals surface area contributed by atoms with Gasteiger partial charge in [0.05, 0.1) is 19.6 Å². The first-order chi connectivity index (χ1) is 11.1. The van der Waals surface area contributed by atoms with Gasteiger partial charge in [0.15, 0.2) is 0 Å². The Kier molecular flexibility index (Phi) is 4.02. The molecule has 3 heterocycles. The zero-order valence-corrected chi connectivity index (χ0v) is 13.8. The quantitative estimate of drug-likeness (QED) is 0.560. The predicted molar refractivity (Wildman–Crippen MR) is 87.4 cm³/mol. The number of nitrogens with zero attached hydrogens (tertiary/aromatic N) is 5. The Morgan fingerprint density at radius 2 is 2.00 bits per heavy atom. The molecular weight excluding hydrogens is 294 g/mol. The van der Waals surface area contributed by atoms with E-state index >= 15 is 0 Å². The molecule has 0 spiro atoms. The number of aliphatic imine (C=N–C) groups is 1. The first-order valence-corrected chi connectivity index (χ1v) is 7.88. The van der Waals surface area contributed by atoms with E-state index in [2.05, 4.69) is 15.6 Å². The molecule has 7 nitrogen and oxygen atoms in total. The summed E-state index contributed by atoms with van der Waals surface area (Å²) in [4.78, 5) is 34.6. The second kappa shape index (κ2) is 5.98. The molecular formula is C16H22N5O2+. The maximum Gasteiger partial charge on any atom is 0.392 e. The third-order valence-corrected chi connectivity index (χ3v) is 4.37. The summed E-state index contributed by atoms with van der Waals surface area (Å²) in [5.41, 5.74) is 0. The van der Waals surface area contributed by atoms with Gasteiger partial charge in [0, 0.05) is 13.6 Å². The zero-order chi connectivity index (χ0) is 16.6. The highest BCUT2D eigenvalue weighted by Gasteiger charge is 2.57. The molecule has 1 saturated heterocycles. The molecule has 0 radical (unpaired) electrons. The highest BCUT2D eigenvalue weighted by molar-refractivity contribution is 6.25. The lowest BCUT2D eigenvalue weighted by Crippen LogP contribution is -2.63. The maximum absolute atomic E-state index is 12.8. The highest BCUT2D eigenvalue weighted by Crippen LogP contribution is 2.25. The smallest absolute Gasteiger partial charge is 0.270 e. The largest absolute Gasteiger partial charge is 0.392 e. The van der Waals surface area contributed by atoms with Gasteiger partial charge in [0.2, 0.25) is 11.9 Å². The number of allylic oxidation sites excluding steroid dienone is 2. The Bertz CT molecular complexity index is 661. The number of hydrogen-bond acceptors (Lipinski definition) is 4. The Hall–Kier alpha value is -2.44. The second-order valence-corrected chi connectivity index (χ2v) is 5.74. The minimum absolute atomic E-state index is 0.187. The summed E-state index contributed by atoms with van der Waals surface area (Å²) < 4.78 is 2.13. The molecule has 3 aliphatic rings. The summed E-state index contributed by atoms with van der Waals surface area (Å²) in [5.74, 6) is 1.15. The van der Waals surface area contributed by atoms with Gasteiger partial charge in [-0.25, -0.2) is 9.69 Å². The minimum Gasteiger partial charge on any atom is -0.270 e. The van der Waals surface area contributed by atoms with Gasteiger partial charge in [0.1, 0.15) is 0 Å². The lowest BCUT2D eigenvalue weighted by Gasteiger charge is -2.33. The van der Waals surface area contributed by atoms with Crippen LogP contribution in [0.15, 0.2) is 29.3 Å². The molecule has 1 fully saturated rings. The van der Waals surface area contributed by atoms with Crippen molar-refractivity contribution in [3.05, 3.63) is 24.3 Å². The molecule has 0 aromatic rings. The number of carbonyl (C=O) groups excluding carboxylic acids is 2. The van der Waals surface area contributed by atoms with Crippen LogP contribution < -0.4 is 0 Å². The van der Waals surface area contributed by atoms with E-state index in [0.29, 0.717) is 12.4 Å². The van der Waals surface area contributed by atoms with Crippen LogP contribution in [0.1, 0.15) is 13.8 Å². The standard InChI is InChI=1S/C16H22N5O2/c1-4-6-8-19-10-11-20-12-13(17-15(19)20)18(3)16(23)21(14(12)22)9-7-5-2/h4-7,12H,8-11H2,1-3H3/q+1/b6-4+,7-5+. The molecule has 122 valence electrons. The number of hydrogen-bond donors (Lipinski definition) is 0. The van der Waals surface area contributed by atoms with Crippen LogP contribution in [0, 0.1) is 0 Å². The van der Waals surface area contributed by atoms with Crippen LogP contribution in [0.2, 0.25) is 0 Å². The molecule has 0 aliphatic carbocycles. The van der Waals surface area contributed by atoms with E-state index in [1.807, 2.05) is 37.0 Å². The molecule has 0 aromatic heterocycles. The molecule has 3 amide bonds. The van der Waals surface area contributed by atoms with Crippen molar-refractivity contribution in [1.82, 2.24) is 14.7 Å². The first kappa shape index (κ1) is 15.5. The fourth-order valence-electron chi connectivity index (χ4n) is 3.10. The monoisotopic (exact) mass is 316 g/mol. The minimum atomic E-state index is -0.478. The van der Waals surface area contributed by atoms with Crippen molar-refractivity contribution in [2.24, 2.45) is 4.99 Å². The van der Waals surface area contributed by atoms with E-state index in [1.54, 1.807) is 7.05 Å². The second-order valence-electron chi connectivity index (χ2n) is 5.74. The fourth-order valence-corrected chi connectivity index (χ4v) is 3.10. The van der Waals surface area contributed by atoms with Gasteiger partial charge in [-0.15, -0.1) is 0 Å². The van der Waals surface area contributed by atoms with Crippen LogP contribution in [0.4, 0.5) is 4.79 Å². The number of amidine groups is 1. The molecule has 3 rings (SSSR count). The third kappa shape index (κ3) is 2.36. The number of amides is 3. The number of fused-ring (bicyclic) bond motifs is 3. The lowest BCUT2D eigenvalue weighted by molar-refractivity contribution is -0.508. The Morgan fingerprint density at radius 1 is 1.26 bits per heavy atom. The lowest BCUT2D eigenvalue weighted by atomic mass is 10.1. The van der Waals surface area contributed by atoms with Gasteiger partial charge in [-0.2, -0.15) is 0 Å². The number of imide groups is 1. The van der Waals surface area contributed by atoms with Crippen LogP contribution in [0.25, 0.3) is 0 Å². The number of urea groups is 1. The summed E-state index contributed by atoms with van der Waals surface area (Å²) in [5, 5.41) is 0. The van der Waals surface area contributed by atoms with Gasteiger partial charge in [0.25, 0.3) is 5.91 Å². The van der Waals surface area contributed by atoms with Gasteiger partial charge in [-0.1, -0.05) is 29.3 Å². The predicted octanol–water partition coefficient (Wildman–Crippen LogP) is 0.497. The molecule has 1 atom stereocenters. The van der Waals surface area contributed by atoms with Crippen molar-refractivity contribution in [2.75, 3.05) is 33.2 Å². The van der Waals surface area contributed by atoms with E-state index in [-0.39, 0.29) is 11.9 Å². The van der Waals surface area contributed by atoms with Crippen molar-refractivity contribution in [3.8, 4) is 0 Å². The summed E-state index contributed by atoms with van der Waals surface area (Å²) in [6.07, 6.45) is 7.71. The fraction of sp³-hybridized carbons (Fsp3) is 0.500. The van der Waals surface area contributed by atoms with E-state index < -0.39 is 6.04 Å². The molecule has 23 heavy (non-hydrogen) atoms. The normalized spacial score (nSPS) is 24.4. The number of likely N-dealkylation sites (N-methyl/N-ethyl adjacent to an activating group) is 1. The van der Waals surface area contributed by atoms with E-state index in [9.17, 15) is 9.59 Å². The first-order valence-electron chi connectivity index (χ1n) is 7.88. The summed E-state index contributed by atoms with van der Waals surface area (Å²) >= 11 is 0. The molecule has 0 saturated carbocycles. The van der Waals surface area contributed by atoms with E-state index in [0.717, 1.165) is 25.6 Å². The van der Waals surface area contributed by atoms with Gasteiger partial charge >= 0.3 is 12.0 Å². The van der Waals surface area contributed by atoms with Crippen LogP contribution in [-0.4, -0.2) is 82.3 Å². The van der Waals surface area contributed by atoms with Gasteiger partial charge in [-0.3, -0.25) is 19.2 Å². The van der Waals surface area contributed by atoms with Crippen LogP contribution in [-0.2, 0) is 4.79 Å². The Morgan fingerprint density at radius 3 is 2.70 bits per heavy atom. The molecule has 0 bridgehead atoms. The van der Waals surface area contributed by atoms with Crippen molar-refractivity contribution in [2.45, 2.75) is 19.9 Å². The highest BCUT2D eigenvalue weighted by atomic mass is 16.2. The van der Waals surface area contributed by atoms with Gasteiger partial charge in [-0.05, 0) is 13.8 Å². The molecule has 3 aliphatic heterocycles. The third-order valence-electron chi connectivity index (χ3n) is 4.37. The average molecular weight is 316 g/mol. The SMILES string of the molecule is C/C=C/CN1C(=O)C2C(=NC3=[N+](C/C=C/C)CCN32)N(C)C1=O. The van der Waals surface area contributed by atoms with Crippen molar-refractivity contribution in [3.63, 3.8) is 0 Å². The summed E-state index contributed by atoms with van der Waals surface area (Å²) in [6.45, 7) is 6.50. The summed E-state index contributed by atoms with van der Waals surface area (Å²) in [6, 6.07) is -0.793. The molecule has 7 heteroatoms. The molecule has 0 N–H and O–H groups in total. The Balaban J connectivity index is 1.95. The van der Waals surface area contributed by atoms with Crippen molar-refractivity contribution < 1.29 is 14.2 Å². The van der Waals surface area contributed by atoms with Crippen molar-refractivity contribution in [1.29, 1.82) is 0 Å². The van der Waals surface area contributed by atoms with E-state index in [4.69, 9.17) is 0 Å². The van der Waals surface area contributed by atoms with Crippen LogP contribution >= 0.6 is 0 Å².